The highest BCUT2D eigenvalue weighted by atomic mass is 16.3. The molecule has 8 fully saturated rings. The molecular weight excluding hydrogens is 1070 g/mol. The molecule has 9 aliphatic rings. The number of amides is 2. The third-order valence-corrected chi connectivity index (χ3v) is 21.5. The Bertz CT molecular complexity index is 4120. The number of aromatic hydroxyl groups is 4. The standard InChI is InChI=1S/C79H64N2O6/c1-5-45-11-9-13-53(33-45)75(86)80-73-59(7-3)71(84)25-21-63(73)65-37-57(82)17-23-67(65)79(68-24-18-58(83)38-66(68)64-22-26-72(85)60(8-4)74(64)81-76(87)54-14-10-12-46(6-2)34-54)69-35-55(77-39-47-27-48(40-77)29-49(28-47)41-77)15-19-61(69)62-20-16-56(36-70(62)79)78-42-50-30-51(43-78)32-52(31-50)44-78/h1-4,9-26,33-38,47-52,82-85H,27-32,39-44H2,(H,80,86)(H,81,87). The van der Waals surface area contributed by atoms with E-state index in [4.69, 9.17) is 25.7 Å². The van der Waals surface area contributed by atoms with E-state index in [1.54, 1.807) is 84.9 Å². The van der Waals surface area contributed by atoms with Crippen LogP contribution in [-0.4, -0.2) is 32.2 Å². The molecule has 8 nitrogen and oxygen atoms in total. The van der Waals surface area contributed by atoms with Gasteiger partial charge >= 0.3 is 0 Å². The highest BCUT2D eigenvalue weighted by Crippen LogP contribution is 2.67. The Morgan fingerprint density at radius 1 is 0.391 bits per heavy atom. The Hall–Kier alpha value is -9.86. The Labute approximate surface area is 508 Å². The van der Waals surface area contributed by atoms with Crippen molar-refractivity contribution in [3.05, 3.63) is 212 Å². The lowest BCUT2D eigenvalue weighted by Crippen LogP contribution is -2.48. The molecule has 0 atom stereocenters. The van der Waals surface area contributed by atoms with Crippen LogP contribution in [0.25, 0.3) is 33.4 Å². The number of hydrogen-bond acceptors (Lipinski definition) is 6. The number of hydrogen-bond donors (Lipinski definition) is 6. The molecule has 0 saturated heterocycles. The normalized spacial score (nSPS) is 24.4. The summed E-state index contributed by atoms with van der Waals surface area (Å²) >= 11 is 0. The average molecular weight is 1140 g/mol. The lowest BCUT2D eigenvalue weighted by atomic mass is 9.47. The molecule has 0 unspecified atom stereocenters. The van der Waals surface area contributed by atoms with E-state index in [1.165, 1.54) is 61.8 Å². The van der Waals surface area contributed by atoms with E-state index < -0.39 is 17.2 Å². The molecule has 17 rings (SSSR count). The molecule has 9 aliphatic carbocycles. The summed E-state index contributed by atoms with van der Waals surface area (Å²) < 4.78 is 0. The third kappa shape index (κ3) is 8.48. The quantitative estimate of drug-likeness (QED) is 0.0754. The molecule has 87 heavy (non-hydrogen) atoms. The Morgan fingerprint density at radius 2 is 0.759 bits per heavy atom. The summed E-state index contributed by atoms with van der Waals surface area (Å²) in [5.41, 5.74) is 10.1. The van der Waals surface area contributed by atoms with E-state index in [9.17, 15) is 30.0 Å². The van der Waals surface area contributed by atoms with Crippen molar-refractivity contribution in [3.63, 3.8) is 0 Å². The van der Waals surface area contributed by atoms with Gasteiger partial charge in [0, 0.05) is 33.4 Å². The summed E-state index contributed by atoms with van der Waals surface area (Å²) in [6.07, 6.45) is 38.7. The first-order valence-electron chi connectivity index (χ1n) is 30.6. The number of carbonyl (C=O) groups is 2. The van der Waals surface area contributed by atoms with Gasteiger partial charge in [-0.05, 0) is 264 Å². The van der Waals surface area contributed by atoms with Crippen molar-refractivity contribution in [3.8, 4) is 106 Å². The Kier molecular flexibility index (Phi) is 12.5. The number of carbonyl (C=O) groups excluding carboxylic acids is 2. The molecule has 0 radical (unpaired) electrons. The second kappa shape index (κ2) is 20.1. The van der Waals surface area contributed by atoms with Gasteiger partial charge in [-0.2, -0.15) is 0 Å². The van der Waals surface area contributed by atoms with Gasteiger partial charge in [-0.15, -0.1) is 25.7 Å². The maximum Gasteiger partial charge on any atom is 0.255 e. The highest BCUT2D eigenvalue weighted by Gasteiger charge is 2.56. The molecule has 0 aliphatic heterocycles. The van der Waals surface area contributed by atoms with Crippen LogP contribution in [0.3, 0.4) is 0 Å². The molecular formula is C79H64N2O6. The minimum Gasteiger partial charge on any atom is -0.508 e. The molecule has 0 spiro atoms. The molecule has 8 heteroatoms. The van der Waals surface area contributed by atoms with Crippen LogP contribution < -0.4 is 10.6 Å². The van der Waals surface area contributed by atoms with Crippen LogP contribution in [0.4, 0.5) is 11.4 Å². The van der Waals surface area contributed by atoms with Gasteiger partial charge in [0.25, 0.3) is 11.8 Å². The summed E-state index contributed by atoms with van der Waals surface area (Å²) in [7, 11) is 0. The predicted molar refractivity (Wildman–Crippen MR) is 342 cm³/mol. The molecule has 2 amide bonds. The molecule has 6 N–H and O–H groups in total. The number of phenols is 4. The van der Waals surface area contributed by atoms with E-state index in [2.05, 4.69) is 70.7 Å². The second-order valence-corrected chi connectivity index (χ2v) is 26.5. The maximum absolute atomic E-state index is 14.7. The smallest absolute Gasteiger partial charge is 0.255 e. The molecule has 8 aromatic carbocycles. The number of anilines is 2. The van der Waals surface area contributed by atoms with Gasteiger partial charge in [-0.25, -0.2) is 0 Å². The third-order valence-electron chi connectivity index (χ3n) is 21.5. The zero-order valence-electron chi connectivity index (χ0n) is 48.2. The van der Waals surface area contributed by atoms with Crippen LogP contribution in [0.2, 0.25) is 0 Å². The fourth-order valence-corrected chi connectivity index (χ4v) is 18.9. The van der Waals surface area contributed by atoms with Gasteiger partial charge < -0.3 is 31.1 Å². The van der Waals surface area contributed by atoms with E-state index >= 15 is 0 Å². The van der Waals surface area contributed by atoms with Crippen LogP contribution in [0.5, 0.6) is 23.0 Å². The zero-order chi connectivity index (χ0) is 59.7. The lowest BCUT2D eigenvalue weighted by Gasteiger charge is -2.57. The Balaban J connectivity index is 1.06. The van der Waals surface area contributed by atoms with E-state index in [0.29, 0.717) is 80.0 Å². The number of rotatable bonds is 10. The van der Waals surface area contributed by atoms with Crippen molar-refractivity contribution in [2.24, 2.45) is 35.5 Å². The minimum absolute atomic E-state index is 0.0297. The summed E-state index contributed by atoms with van der Waals surface area (Å²) in [6, 6.07) is 45.0. The van der Waals surface area contributed by atoms with Gasteiger partial charge in [0.1, 0.15) is 23.0 Å². The van der Waals surface area contributed by atoms with Gasteiger partial charge in [-0.1, -0.05) is 84.3 Å². The van der Waals surface area contributed by atoms with E-state index in [-0.39, 0.29) is 67.5 Å². The first-order chi connectivity index (χ1) is 42.2. The number of nitrogens with one attached hydrogen (secondary N) is 2. The topological polar surface area (TPSA) is 139 Å². The van der Waals surface area contributed by atoms with Crippen molar-refractivity contribution in [2.75, 3.05) is 10.6 Å². The molecule has 8 aromatic rings. The average Bonchev–Trinajstić information content (AvgIpc) is 1.64. The van der Waals surface area contributed by atoms with Gasteiger partial charge in [0.05, 0.1) is 27.9 Å². The number of benzene rings is 8. The van der Waals surface area contributed by atoms with Crippen LogP contribution in [0, 0.1) is 84.9 Å². The minimum atomic E-state index is -1.37. The van der Waals surface area contributed by atoms with E-state index in [0.717, 1.165) is 60.8 Å². The monoisotopic (exact) mass is 1140 g/mol. The van der Waals surface area contributed by atoms with Crippen molar-refractivity contribution < 1.29 is 30.0 Å². The van der Waals surface area contributed by atoms with Crippen LogP contribution in [0.1, 0.15) is 153 Å². The van der Waals surface area contributed by atoms with Crippen molar-refractivity contribution in [1.82, 2.24) is 0 Å². The lowest BCUT2D eigenvalue weighted by molar-refractivity contribution is -0.00530. The predicted octanol–water partition coefficient (Wildman–Crippen LogP) is 15.6. The summed E-state index contributed by atoms with van der Waals surface area (Å²) in [5, 5.41) is 54.0. The van der Waals surface area contributed by atoms with Crippen molar-refractivity contribution >= 4 is 23.2 Å². The second-order valence-electron chi connectivity index (χ2n) is 26.5. The number of phenolic OH excluding ortho intramolecular Hbond substituents is 4. The first-order valence-corrected chi connectivity index (χ1v) is 30.6. The first kappa shape index (κ1) is 53.8. The highest BCUT2D eigenvalue weighted by molar-refractivity contribution is 6.10. The summed E-state index contributed by atoms with van der Waals surface area (Å²) in [4.78, 5) is 29.5. The zero-order valence-corrected chi connectivity index (χ0v) is 48.2. The number of fused-ring (bicyclic) bond motifs is 3. The van der Waals surface area contributed by atoms with Gasteiger partial charge in [-0.3, -0.25) is 9.59 Å². The van der Waals surface area contributed by atoms with Crippen molar-refractivity contribution in [2.45, 2.75) is 93.3 Å². The van der Waals surface area contributed by atoms with Gasteiger partial charge in [0.2, 0.25) is 0 Å². The Morgan fingerprint density at radius 3 is 1.11 bits per heavy atom. The molecule has 8 bridgehead atoms. The molecule has 426 valence electrons. The largest absolute Gasteiger partial charge is 0.508 e. The van der Waals surface area contributed by atoms with Crippen LogP contribution in [-0.2, 0) is 16.2 Å². The molecule has 8 saturated carbocycles. The fourth-order valence-electron chi connectivity index (χ4n) is 18.9. The summed E-state index contributed by atoms with van der Waals surface area (Å²) in [5.74, 6) is 12.9. The van der Waals surface area contributed by atoms with E-state index in [1.807, 2.05) is 12.1 Å². The summed E-state index contributed by atoms with van der Waals surface area (Å²) in [6.45, 7) is 0. The SMILES string of the molecule is C#Cc1cccc(C(=O)Nc2c(-c3cc(O)ccc3C3(c4ccc(O)cc4-c4ccc(O)c(C#C)c4NC(=O)c4cccc(C#C)c4)c4cc(C56CC7CC(CC(C7)C5)C6)ccc4-c4ccc(C56CC7CC(CC(C7)C5)C6)cc43)ccc(O)c2C#C)c1. The van der Waals surface area contributed by atoms with Crippen LogP contribution >= 0.6 is 0 Å². The van der Waals surface area contributed by atoms with Gasteiger partial charge in [0.15, 0.2) is 0 Å². The van der Waals surface area contributed by atoms with Crippen LogP contribution in [0.15, 0.2) is 146 Å². The number of terminal acetylenes is 4. The van der Waals surface area contributed by atoms with Crippen molar-refractivity contribution in [1.29, 1.82) is 0 Å². The molecule has 0 aromatic heterocycles. The fraction of sp³-hybridized carbons (Fsp3) is 0.266. The maximum atomic E-state index is 14.7. The molecule has 0 heterocycles.